The van der Waals surface area contributed by atoms with Crippen LogP contribution in [-0.2, 0) is 7.05 Å². The largest absolute Gasteiger partial charge is 0.344 e. The second-order valence-electron chi connectivity index (χ2n) is 3.65. The van der Waals surface area contributed by atoms with Crippen LogP contribution < -0.4 is 10.6 Å². The van der Waals surface area contributed by atoms with E-state index in [1.54, 1.807) is 12.2 Å². The van der Waals surface area contributed by atoms with Crippen LogP contribution in [0.1, 0.15) is 18.2 Å². The minimum atomic E-state index is 1.12. The highest BCUT2D eigenvalue weighted by Crippen LogP contribution is 2.06. The summed E-state index contributed by atoms with van der Waals surface area (Å²) in [4.78, 5) is 0. The van der Waals surface area contributed by atoms with Crippen molar-refractivity contribution in [3.8, 4) is 0 Å². The van der Waals surface area contributed by atoms with E-state index in [0.717, 1.165) is 16.5 Å². The summed E-state index contributed by atoms with van der Waals surface area (Å²) in [6.45, 7) is 13.4. The Morgan fingerprint density at radius 1 is 1.12 bits per heavy atom. The molecule has 0 aliphatic heterocycles. The predicted octanol–water partition coefficient (Wildman–Crippen LogP) is 2.63. The summed E-state index contributed by atoms with van der Waals surface area (Å²) in [7, 11) is 2.05. The topological polar surface area (TPSA) is 4.93 Å². The van der Waals surface area contributed by atoms with Crippen molar-refractivity contribution in [2.24, 2.45) is 7.05 Å². The summed E-state index contributed by atoms with van der Waals surface area (Å²) in [6, 6.07) is 0. The molecule has 1 heterocycles. The molecule has 0 spiro atoms. The molecule has 1 aromatic heterocycles. The lowest BCUT2D eigenvalue weighted by Gasteiger charge is -1.98. The summed E-state index contributed by atoms with van der Waals surface area (Å²) in [5.74, 6) is 0. The molecule has 0 radical (unpaired) electrons. The average Bonchev–Trinajstić information content (AvgIpc) is 2.59. The molecular weight excluding hydrogens is 206 g/mol. The number of hydrogen-bond acceptors (Lipinski definition) is 0. The zero-order valence-electron chi connectivity index (χ0n) is 10.6. The SMILES string of the molecule is C=C/C=C\c1c(C=C)c(=C/C=C)/c(=C\C)n1C. The number of hydrogen-bond donors (Lipinski definition) is 0. The van der Waals surface area contributed by atoms with E-state index in [1.165, 1.54) is 5.35 Å². The molecule has 1 rings (SSSR count). The molecule has 0 aromatic carbocycles. The van der Waals surface area contributed by atoms with E-state index >= 15 is 0 Å². The molecule has 0 aliphatic carbocycles. The van der Waals surface area contributed by atoms with Crippen LogP contribution in [0.4, 0.5) is 0 Å². The fourth-order valence-corrected chi connectivity index (χ4v) is 1.98. The van der Waals surface area contributed by atoms with Gasteiger partial charge in [0.1, 0.15) is 0 Å². The van der Waals surface area contributed by atoms with Gasteiger partial charge in [-0.1, -0.05) is 56.2 Å². The highest BCUT2D eigenvalue weighted by molar-refractivity contribution is 5.66. The normalized spacial score (nSPS) is 13.3. The Kier molecular flexibility index (Phi) is 4.53. The standard InChI is InChI=1S/C16H19N/c1-6-10-12-16-13(8-3)14(11-7-2)15(9-4)17(16)5/h6-12H,1-3H2,4-5H3/b12-10-,14-11-,15-9+. The number of allylic oxidation sites excluding steroid dienone is 3. The first-order valence-corrected chi connectivity index (χ1v) is 5.60. The predicted molar refractivity (Wildman–Crippen MR) is 78.8 cm³/mol. The van der Waals surface area contributed by atoms with Crippen LogP contribution in [0.25, 0.3) is 24.3 Å². The van der Waals surface area contributed by atoms with Gasteiger partial charge >= 0.3 is 0 Å². The first-order valence-electron chi connectivity index (χ1n) is 5.60. The van der Waals surface area contributed by atoms with Crippen molar-refractivity contribution in [2.45, 2.75) is 6.92 Å². The Bertz CT molecular complexity index is 580. The Balaban J connectivity index is 3.80. The minimum Gasteiger partial charge on any atom is -0.344 e. The van der Waals surface area contributed by atoms with Gasteiger partial charge in [0.15, 0.2) is 0 Å². The summed E-state index contributed by atoms with van der Waals surface area (Å²) in [5.41, 5.74) is 2.25. The highest BCUT2D eigenvalue weighted by atomic mass is 14.9. The molecule has 0 amide bonds. The number of aromatic nitrogens is 1. The van der Waals surface area contributed by atoms with Crippen molar-refractivity contribution >= 4 is 24.3 Å². The van der Waals surface area contributed by atoms with Gasteiger partial charge in [0.2, 0.25) is 0 Å². The van der Waals surface area contributed by atoms with Crippen LogP contribution in [0.5, 0.6) is 0 Å². The fraction of sp³-hybridized carbons (Fsp3) is 0.125. The second kappa shape index (κ2) is 5.90. The zero-order valence-corrected chi connectivity index (χ0v) is 10.6. The van der Waals surface area contributed by atoms with E-state index in [0.29, 0.717) is 0 Å². The molecular formula is C16H19N. The minimum absolute atomic E-state index is 1.12. The number of nitrogens with zero attached hydrogens (tertiary/aromatic N) is 1. The van der Waals surface area contributed by atoms with Crippen LogP contribution in [-0.4, -0.2) is 4.57 Å². The highest BCUT2D eigenvalue weighted by Gasteiger charge is 2.06. The Hall–Kier alpha value is -2.02. The summed E-state index contributed by atoms with van der Waals surface area (Å²) >= 11 is 0. The molecule has 1 heteroatoms. The van der Waals surface area contributed by atoms with E-state index in [1.807, 2.05) is 38.3 Å². The maximum Gasteiger partial charge on any atom is 0.0488 e. The monoisotopic (exact) mass is 225 g/mol. The van der Waals surface area contributed by atoms with Gasteiger partial charge in [0.05, 0.1) is 0 Å². The molecule has 0 N–H and O–H groups in total. The molecule has 88 valence electrons. The van der Waals surface area contributed by atoms with E-state index in [-0.39, 0.29) is 0 Å². The first-order chi connectivity index (χ1) is 8.21. The molecule has 0 unspecified atom stereocenters. The Labute approximate surface area is 103 Å². The van der Waals surface area contributed by atoms with E-state index in [9.17, 15) is 0 Å². The van der Waals surface area contributed by atoms with Gasteiger partial charge in [-0.3, -0.25) is 0 Å². The van der Waals surface area contributed by atoms with Crippen LogP contribution in [0.2, 0.25) is 0 Å². The van der Waals surface area contributed by atoms with Gasteiger partial charge in [-0.15, -0.1) is 0 Å². The van der Waals surface area contributed by atoms with Crippen molar-refractivity contribution < 1.29 is 0 Å². The van der Waals surface area contributed by atoms with Crippen molar-refractivity contribution in [1.82, 2.24) is 4.57 Å². The molecule has 1 nitrogen and oxygen atoms in total. The molecule has 1 aromatic rings. The fourth-order valence-electron chi connectivity index (χ4n) is 1.98. The van der Waals surface area contributed by atoms with Gasteiger partial charge < -0.3 is 4.57 Å². The number of rotatable bonds is 4. The van der Waals surface area contributed by atoms with Crippen LogP contribution in [0.15, 0.2) is 38.0 Å². The lowest BCUT2D eigenvalue weighted by atomic mass is 10.1. The smallest absolute Gasteiger partial charge is 0.0488 e. The van der Waals surface area contributed by atoms with Crippen molar-refractivity contribution in [1.29, 1.82) is 0 Å². The first kappa shape index (κ1) is 13.0. The van der Waals surface area contributed by atoms with Crippen molar-refractivity contribution in [3.05, 3.63) is 59.8 Å². The van der Waals surface area contributed by atoms with Crippen molar-refractivity contribution in [2.75, 3.05) is 0 Å². The maximum atomic E-state index is 3.89. The summed E-state index contributed by atoms with van der Waals surface area (Å²) in [5, 5.41) is 2.33. The van der Waals surface area contributed by atoms with E-state index in [2.05, 4.69) is 30.4 Å². The van der Waals surface area contributed by atoms with E-state index < -0.39 is 0 Å². The molecule has 17 heavy (non-hydrogen) atoms. The quantitative estimate of drug-likeness (QED) is 0.694. The molecule has 0 atom stereocenters. The van der Waals surface area contributed by atoms with Crippen molar-refractivity contribution in [3.63, 3.8) is 0 Å². The molecule has 0 bridgehead atoms. The third kappa shape index (κ3) is 2.39. The average molecular weight is 225 g/mol. The zero-order chi connectivity index (χ0) is 12.8. The maximum absolute atomic E-state index is 3.89. The molecule has 0 saturated heterocycles. The van der Waals surface area contributed by atoms with Gasteiger partial charge in [0.25, 0.3) is 0 Å². The lowest BCUT2D eigenvalue weighted by molar-refractivity contribution is 0.876. The van der Waals surface area contributed by atoms with Gasteiger partial charge in [-0.05, 0) is 13.0 Å². The summed E-state index contributed by atoms with van der Waals surface area (Å²) in [6.07, 6.45) is 13.5. The van der Waals surface area contributed by atoms with Gasteiger partial charge in [-0.25, -0.2) is 0 Å². The summed E-state index contributed by atoms with van der Waals surface area (Å²) < 4.78 is 2.15. The van der Waals surface area contributed by atoms with Gasteiger partial charge in [-0.2, -0.15) is 0 Å². The second-order valence-corrected chi connectivity index (χ2v) is 3.65. The molecule has 0 fully saturated rings. The van der Waals surface area contributed by atoms with E-state index in [4.69, 9.17) is 0 Å². The van der Waals surface area contributed by atoms with Crippen LogP contribution in [0, 0.1) is 0 Å². The third-order valence-electron chi connectivity index (χ3n) is 2.72. The Morgan fingerprint density at radius 3 is 2.29 bits per heavy atom. The molecule has 0 saturated carbocycles. The van der Waals surface area contributed by atoms with Crippen LogP contribution >= 0.6 is 0 Å². The third-order valence-corrected chi connectivity index (χ3v) is 2.72. The van der Waals surface area contributed by atoms with Gasteiger partial charge in [0, 0.05) is 28.9 Å². The Morgan fingerprint density at radius 2 is 1.82 bits per heavy atom. The van der Waals surface area contributed by atoms with Crippen LogP contribution in [0.3, 0.4) is 0 Å². The molecule has 0 aliphatic rings. The lowest BCUT2D eigenvalue weighted by Crippen LogP contribution is -2.28.